The molecule has 6 aliphatic heterocycles. The summed E-state index contributed by atoms with van der Waals surface area (Å²) in [7, 11) is 4.66. The number of nitrogens with one attached hydrogen (secondary N) is 7. The van der Waals surface area contributed by atoms with Gasteiger partial charge in [0, 0.05) is 68.9 Å². The van der Waals surface area contributed by atoms with E-state index >= 15 is 0 Å². The third-order valence-corrected chi connectivity index (χ3v) is 20.4. The summed E-state index contributed by atoms with van der Waals surface area (Å²) in [5.41, 5.74) is 20.1. The van der Waals surface area contributed by atoms with Gasteiger partial charge in [-0.3, -0.25) is 53.0 Å². The van der Waals surface area contributed by atoms with Gasteiger partial charge in [-0.25, -0.2) is 14.4 Å². The van der Waals surface area contributed by atoms with E-state index in [9.17, 15) is 62.6 Å². The van der Waals surface area contributed by atoms with E-state index in [1.807, 2.05) is 42.5 Å². The molecule has 6 heterocycles. The number of nitrogens with two attached hydrogens (primary N) is 3. The smallest absolute Gasteiger partial charge is 0.410 e. The van der Waals surface area contributed by atoms with E-state index in [0.717, 1.165) is 93.0 Å². The van der Waals surface area contributed by atoms with Crippen molar-refractivity contribution >= 4 is 88.4 Å². The van der Waals surface area contributed by atoms with E-state index in [0.29, 0.717) is 69.4 Å². The molecule has 30 nitrogen and oxygen atoms in total. The zero-order valence-electron chi connectivity index (χ0n) is 65.6. The lowest BCUT2D eigenvalue weighted by Gasteiger charge is -2.36. The SMILES string of the molecule is C=CC(=O)Nc1cccc(CNC(=O)[C@@H]2CC[C@@H]3CCCC[C@H](NC(=O)[C@H](C)NC)C(=O)N32)c1.C[C@@H](C(=O)N[C@H]1CCCC[C@H]2CC[C@@H](C(=O)NCc3cccc(N)c3)N2C1=O)N(C)C(=O)OC(C)(C)C.C[C@@H](C(=O)N[C@H]1CCCC[C@H]2CC[C@@H](C(=O)O)N2C1=O)N(C)C(=O)OC(C)(C)C.NCc1cccc(N)c1. The van der Waals surface area contributed by atoms with Crippen LogP contribution in [0.25, 0.3) is 0 Å². The Hall–Kier alpha value is -9.84. The molecule has 11 amide bonds. The Kier molecular flexibility index (Phi) is 33.2. The van der Waals surface area contributed by atoms with Gasteiger partial charge in [-0.2, -0.15) is 0 Å². The molecule has 109 heavy (non-hydrogen) atoms. The van der Waals surface area contributed by atoms with Crippen LogP contribution in [0.15, 0.2) is 85.5 Å². The van der Waals surface area contributed by atoms with E-state index in [1.54, 1.807) is 109 Å². The fourth-order valence-corrected chi connectivity index (χ4v) is 14.1. The number of hydrogen-bond donors (Lipinski definition) is 11. The van der Waals surface area contributed by atoms with Crippen molar-refractivity contribution in [2.45, 2.75) is 281 Å². The molecular weight excluding hydrogens is 1400 g/mol. The summed E-state index contributed by atoms with van der Waals surface area (Å²) in [4.78, 5) is 160. The summed E-state index contributed by atoms with van der Waals surface area (Å²) in [6.45, 7) is 20.0. The number of anilines is 3. The fraction of sp³-hybridized carbons (Fsp3) is 0.595. The Morgan fingerprint density at radius 1 is 0.532 bits per heavy atom. The number of aliphatic carboxylic acids is 1. The van der Waals surface area contributed by atoms with Crippen molar-refractivity contribution in [3.8, 4) is 0 Å². The van der Waals surface area contributed by atoms with Gasteiger partial charge in [0.25, 0.3) is 0 Å². The van der Waals surface area contributed by atoms with Crippen LogP contribution in [0.1, 0.15) is 195 Å². The molecule has 0 aromatic heterocycles. The molecule has 0 unspecified atom stereocenters. The molecule has 12 atom stereocenters. The number of rotatable bonds is 19. The zero-order chi connectivity index (χ0) is 80.6. The minimum atomic E-state index is -1.01. The average molecular weight is 1520 g/mol. The Morgan fingerprint density at radius 3 is 1.26 bits per heavy atom. The maximum Gasteiger partial charge on any atom is 0.410 e. The molecule has 6 aliphatic rings. The number of carbonyl (C=O) groups is 12. The van der Waals surface area contributed by atoms with Crippen molar-refractivity contribution in [1.29, 1.82) is 0 Å². The quantitative estimate of drug-likeness (QED) is 0.0451. The lowest BCUT2D eigenvalue weighted by molar-refractivity contribution is -0.151. The van der Waals surface area contributed by atoms with Crippen LogP contribution >= 0.6 is 0 Å². The Balaban J connectivity index is 0.000000242. The summed E-state index contributed by atoms with van der Waals surface area (Å²) < 4.78 is 10.6. The molecule has 0 radical (unpaired) electrons. The Morgan fingerprint density at radius 2 is 0.890 bits per heavy atom. The van der Waals surface area contributed by atoms with Gasteiger partial charge in [0.2, 0.25) is 53.2 Å². The molecule has 30 heteroatoms. The van der Waals surface area contributed by atoms with Crippen LogP contribution in [-0.2, 0) is 77.1 Å². The zero-order valence-corrected chi connectivity index (χ0v) is 65.6. The van der Waals surface area contributed by atoms with E-state index in [1.165, 1.54) is 34.9 Å². The van der Waals surface area contributed by atoms with Crippen molar-refractivity contribution in [3.05, 3.63) is 102 Å². The van der Waals surface area contributed by atoms with Gasteiger partial charge in [-0.15, -0.1) is 0 Å². The van der Waals surface area contributed by atoms with Crippen LogP contribution in [-0.4, -0.2) is 206 Å². The van der Waals surface area contributed by atoms with E-state index < -0.39 is 95.5 Å². The molecule has 0 spiro atoms. The second-order valence-electron chi connectivity index (χ2n) is 30.9. The number of carboxylic acids is 1. The van der Waals surface area contributed by atoms with E-state index in [2.05, 4.69) is 43.8 Å². The van der Waals surface area contributed by atoms with Crippen molar-refractivity contribution < 1.29 is 72.1 Å². The molecular formula is C79H119N15O15. The first kappa shape index (κ1) is 88.1. The molecule has 6 fully saturated rings. The molecule has 3 aromatic rings. The predicted molar refractivity (Wildman–Crippen MR) is 414 cm³/mol. The highest BCUT2D eigenvalue weighted by Gasteiger charge is 2.48. The molecule has 9 rings (SSSR count). The summed E-state index contributed by atoms with van der Waals surface area (Å²) >= 11 is 0. The van der Waals surface area contributed by atoms with Crippen molar-refractivity contribution in [1.82, 2.24) is 56.4 Å². The van der Waals surface area contributed by atoms with Gasteiger partial charge < -0.3 is 83.7 Å². The highest BCUT2D eigenvalue weighted by Crippen LogP contribution is 2.35. The first-order valence-corrected chi connectivity index (χ1v) is 38.1. The number of ether oxygens (including phenoxy) is 2. The maximum atomic E-state index is 13.7. The molecule has 0 aliphatic carbocycles. The minimum Gasteiger partial charge on any atom is -0.480 e. The standard InChI is InChI=1S/C27H41N5O5.C25H35N5O4.C20H33N3O6.C7H10N2/c1-17(31(5)26(36)37-27(2,3)4)23(33)30-21-12-7-6-11-20-13-14-22(32(20)25(21)35)24(34)29-16-18-9-8-10-19(28)15-18;1-4-22(31)28-18-9-7-8-17(14-18)15-27-24(33)21-13-12-19-10-5-6-11-20(25(34)30(19)21)29-23(32)16(2)26-3;1-12(22(5)19(28)29-20(2,3)4)16(24)21-14-9-7-6-8-13-10-11-15(18(26)27)23(13)17(14)25;8-5-6-2-1-3-7(9)4-6/h8-10,15,17,20-22H,6-7,11-14,16,28H2,1-5H3,(H,29,34)(H,30,33);4,7-9,14,16,19-21,26H,1,5-6,10-13,15H2,2-3H3,(H,27,33)(H,28,31)(H,29,32);12-15H,6-11H2,1-5H3,(H,21,24)(H,26,27);1-4H,5,8-9H2/t17-,20-,21-,22-;16-,19-,20-,21-;12-,13-,14-,15-;/m000./s1. The third-order valence-electron chi connectivity index (χ3n) is 20.4. The number of carboxylic acid groups (broad SMARTS) is 1. The summed E-state index contributed by atoms with van der Waals surface area (Å²) in [6, 6.07) is 15.8. The second-order valence-corrected chi connectivity index (χ2v) is 30.9. The van der Waals surface area contributed by atoms with Crippen LogP contribution in [0, 0.1) is 0 Å². The van der Waals surface area contributed by atoms with Crippen molar-refractivity contribution in [3.63, 3.8) is 0 Å². The van der Waals surface area contributed by atoms with Gasteiger partial charge in [-0.1, -0.05) is 81.5 Å². The van der Waals surface area contributed by atoms with Crippen molar-refractivity contribution in [2.75, 3.05) is 37.9 Å². The molecule has 600 valence electrons. The van der Waals surface area contributed by atoms with E-state index in [4.69, 9.17) is 26.7 Å². The van der Waals surface area contributed by atoms with Crippen LogP contribution in [0.5, 0.6) is 0 Å². The number of amides is 11. The monoisotopic (exact) mass is 1520 g/mol. The molecule has 0 bridgehead atoms. The highest BCUT2D eigenvalue weighted by atomic mass is 16.6. The molecule has 3 aromatic carbocycles. The summed E-state index contributed by atoms with van der Waals surface area (Å²) in [5.74, 6) is -3.62. The summed E-state index contributed by atoms with van der Waals surface area (Å²) in [6.07, 6.45) is 12.9. The minimum absolute atomic E-state index is 0.0159. The third kappa shape index (κ3) is 26.2. The van der Waals surface area contributed by atoms with Gasteiger partial charge in [0.15, 0.2) is 0 Å². The van der Waals surface area contributed by atoms with Crippen LogP contribution in [0.3, 0.4) is 0 Å². The number of nitrogen functional groups attached to an aromatic ring is 2. The normalized spacial score (nSPS) is 22.7. The number of likely N-dealkylation sites (N-methyl/N-ethyl adjacent to an activating group) is 3. The first-order chi connectivity index (χ1) is 51.4. The first-order valence-electron chi connectivity index (χ1n) is 38.1. The topological polar surface area (TPSA) is 422 Å². The fourth-order valence-electron chi connectivity index (χ4n) is 14.1. The van der Waals surface area contributed by atoms with E-state index in [-0.39, 0.29) is 66.0 Å². The van der Waals surface area contributed by atoms with Gasteiger partial charge >= 0.3 is 18.2 Å². The summed E-state index contributed by atoms with van der Waals surface area (Å²) in [5, 5.41) is 29.4. The van der Waals surface area contributed by atoms with Gasteiger partial charge in [-0.05, 0) is 206 Å². The molecule has 0 saturated carbocycles. The van der Waals surface area contributed by atoms with Crippen LogP contribution < -0.4 is 54.4 Å². The lowest BCUT2D eigenvalue weighted by atomic mass is 9.98. The number of carbonyl (C=O) groups excluding carboxylic acids is 11. The number of fused-ring (bicyclic) bond motifs is 3. The number of nitrogens with zero attached hydrogens (tertiary/aromatic N) is 5. The maximum absolute atomic E-state index is 13.7. The number of benzene rings is 3. The van der Waals surface area contributed by atoms with Crippen molar-refractivity contribution in [2.24, 2.45) is 5.73 Å². The van der Waals surface area contributed by atoms with Crippen LogP contribution in [0.4, 0.5) is 26.7 Å². The largest absolute Gasteiger partial charge is 0.480 e. The van der Waals surface area contributed by atoms with Gasteiger partial charge in [0.05, 0.1) is 6.04 Å². The Labute approximate surface area is 641 Å². The Bertz CT molecular complexity index is 3670. The average Bonchev–Trinajstić information content (AvgIpc) is 1.70. The molecule has 6 saturated heterocycles. The number of hydrogen-bond acceptors (Lipinski definition) is 18. The van der Waals surface area contributed by atoms with Gasteiger partial charge in [0.1, 0.15) is 59.5 Å². The van der Waals surface area contributed by atoms with Crippen LogP contribution in [0.2, 0.25) is 0 Å². The highest BCUT2D eigenvalue weighted by molar-refractivity contribution is 5.99. The predicted octanol–water partition coefficient (Wildman–Crippen LogP) is 6.48. The second kappa shape index (κ2) is 41.1. The molecule has 14 N–H and O–H groups in total. The lowest BCUT2D eigenvalue weighted by Crippen LogP contribution is -2.58.